The lowest BCUT2D eigenvalue weighted by molar-refractivity contribution is 0.670. The summed E-state index contributed by atoms with van der Waals surface area (Å²) < 4.78 is 9.59. The van der Waals surface area contributed by atoms with Crippen molar-refractivity contribution in [2.24, 2.45) is 0 Å². The number of rotatable bonds is 6. The molecule has 11 aromatic rings. The average molecular weight is 720 g/mol. The number of benzene rings is 9. The zero-order valence-corrected chi connectivity index (χ0v) is 30.6. The van der Waals surface area contributed by atoms with Crippen molar-refractivity contribution in [3.8, 4) is 33.4 Å². The molecule has 0 bridgehead atoms. The lowest BCUT2D eigenvalue weighted by atomic mass is 10.00. The summed E-state index contributed by atoms with van der Waals surface area (Å²) in [6, 6.07) is 72.1. The molecule has 0 aliphatic carbocycles. The summed E-state index contributed by atoms with van der Waals surface area (Å²) in [7, 11) is 0. The topological polar surface area (TPSA) is 16.4 Å². The van der Waals surface area contributed by atoms with Crippen LogP contribution in [-0.2, 0) is 0 Å². The van der Waals surface area contributed by atoms with Gasteiger partial charge in [0, 0.05) is 47.9 Å². The molecule has 55 heavy (non-hydrogen) atoms. The molecule has 11 rings (SSSR count). The van der Waals surface area contributed by atoms with E-state index in [1.165, 1.54) is 53.2 Å². The van der Waals surface area contributed by atoms with Crippen LogP contribution < -0.4 is 4.90 Å². The molecule has 0 radical (unpaired) electrons. The van der Waals surface area contributed by atoms with Gasteiger partial charge in [0.15, 0.2) is 5.58 Å². The molecule has 0 N–H and O–H groups in total. The van der Waals surface area contributed by atoms with Gasteiger partial charge in [0.05, 0.1) is 5.69 Å². The van der Waals surface area contributed by atoms with Crippen molar-refractivity contribution < 1.29 is 4.42 Å². The van der Waals surface area contributed by atoms with E-state index in [0.717, 1.165) is 50.1 Å². The monoisotopic (exact) mass is 719 g/mol. The molecule has 0 atom stereocenters. The number of hydrogen-bond acceptors (Lipinski definition) is 3. The fraction of sp³-hybridized carbons (Fsp3) is 0. The summed E-state index contributed by atoms with van der Waals surface area (Å²) in [5.74, 6) is 0. The van der Waals surface area contributed by atoms with Crippen molar-refractivity contribution in [3.05, 3.63) is 200 Å². The molecular weight excluding hydrogens is 687 g/mol. The molecule has 0 unspecified atom stereocenters. The third kappa shape index (κ3) is 5.40. The van der Waals surface area contributed by atoms with E-state index in [1.807, 2.05) is 11.3 Å². The second-order valence-corrected chi connectivity index (χ2v) is 15.2. The van der Waals surface area contributed by atoms with Gasteiger partial charge in [-0.3, -0.25) is 0 Å². The van der Waals surface area contributed by atoms with Crippen LogP contribution in [0.15, 0.2) is 205 Å². The summed E-state index contributed by atoms with van der Waals surface area (Å²) >= 11 is 1.86. The number of anilines is 3. The molecule has 3 heteroatoms. The van der Waals surface area contributed by atoms with Gasteiger partial charge < -0.3 is 9.32 Å². The Morgan fingerprint density at radius 2 is 0.927 bits per heavy atom. The Morgan fingerprint density at radius 1 is 0.345 bits per heavy atom. The summed E-state index contributed by atoms with van der Waals surface area (Å²) in [6.45, 7) is 0. The lowest BCUT2D eigenvalue weighted by Crippen LogP contribution is -2.10. The van der Waals surface area contributed by atoms with Crippen LogP contribution in [0.4, 0.5) is 17.1 Å². The molecule has 2 nitrogen and oxygen atoms in total. The van der Waals surface area contributed by atoms with E-state index in [0.29, 0.717) is 0 Å². The van der Waals surface area contributed by atoms with E-state index in [1.54, 1.807) is 0 Å². The first-order valence-electron chi connectivity index (χ1n) is 18.7. The fourth-order valence-electron chi connectivity index (χ4n) is 8.14. The molecule has 0 aliphatic rings. The van der Waals surface area contributed by atoms with E-state index in [9.17, 15) is 0 Å². The molecule has 0 spiro atoms. The van der Waals surface area contributed by atoms with Crippen LogP contribution in [0.2, 0.25) is 0 Å². The predicted molar refractivity (Wildman–Crippen MR) is 235 cm³/mol. The maximum atomic E-state index is 6.96. The highest BCUT2D eigenvalue weighted by atomic mass is 32.1. The Kier molecular flexibility index (Phi) is 7.39. The Hall–Kier alpha value is -6.94. The second kappa shape index (κ2) is 12.9. The minimum atomic E-state index is 0.861. The number of furan rings is 1. The van der Waals surface area contributed by atoms with Gasteiger partial charge in [0.2, 0.25) is 0 Å². The van der Waals surface area contributed by atoms with Crippen LogP contribution in [0.3, 0.4) is 0 Å². The Morgan fingerprint density at radius 3 is 1.76 bits per heavy atom. The van der Waals surface area contributed by atoms with E-state index < -0.39 is 0 Å². The summed E-state index contributed by atoms with van der Waals surface area (Å²) in [4.78, 5) is 2.34. The highest BCUT2D eigenvalue weighted by Crippen LogP contribution is 2.45. The van der Waals surface area contributed by atoms with Crippen molar-refractivity contribution in [2.75, 3.05) is 4.90 Å². The van der Waals surface area contributed by atoms with E-state index in [-0.39, 0.29) is 0 Å². The Balaban J connectivity index is 1.07. The third-order valence-corrected chi connectivity index (χ3v) is 12.0. The van der Waals surface area contributed by atoms with Gasteiger partial charge >= 0.3 is 0 Å². The number of fused-ring (bicyclic) bond motifs is 7. The highest BCUT2D eigenvalue weighted by molar-refractivity contribution is 7.25. The third-order valence-electron chi connectivity index (χ3n) is 10.9. The number of hydrogen-bond donors (Lipinski definition) is 0. The maximum absolute atomic E-state index is 6.96. The number of thiophene rings is 1. The van der Waals surface area contributed by atoms with E-state index in [2.05, 4.69) is 205 Å². The molecule has 0 saturated heterocycles. The molecular formula is C52H33NOS. The van der Waals surface area contributed by atoms with Crippen molar-refractivity contribution in [3.63, 3.8) is 0 Å². The predicted octanol–water partition coefficient (Wildman–Crippen LogP) is 15.6. The Labute approximate surface area is 322 Å². The minimum Gasteiger partial charge on any atom is -0.453 e. The first-order valence-corrected chi connectivity index (χ1v) is 19.5. The molecule has 258 valence electrons. The zero-order chi connectivity index (χ0) is 36.3. The van der Waals surface area contributed by atoms with Gasteiger partial charge in [0.1, 0.15) is 5.58 Å². The molecule has 2 aromatic heterocycles. The quantitative estimate of drug-likeness (QED) is 0.170. The van der Waals surface area contributed by atoms with Gasteiger partial charge in [-0.05, 0) is 87.1 Å². The SMILES string of the molecule is c1ccc(-c2ccc3cc(N(c4ccc(-c5ccc6c(c5)sc5ccccc56)cc4)c4cccc5c4oc4c(-c6ccccc6)cccc45)ccc3c2)cc1. The summed E-state index contributed by atoms with van der Waals surface area (Å²) in [5.41, 5.74) is 11.9. The molecule has 2 heterocycles. The summed E-state index contributed by atoms with van der Waals surface area (Å²) in [6.07, 6.45) is 0. The number of nitrogens with zero attached hydrogens (tertiary/aromatic N) is 1. The standard InChI is InChI=1S/C52H33NOS/c1-3-11-34(12-4-1)37-21-22-39-32-42(29-25-38(39)31-37)53(41-27-23-35(24-28-41)40-26-30-45-44-15-7-8-20-49(44)55-50(45)33-40)48-19-10-18-47-46-17-9-16-43(51(46)54-52(47)48)36-13-5-2-6-14-36/h1-33H. The first-order chi connectivity index (χ1) is 27.2. The van der Waals surface area contributed by atoms with Gasteiger partial charge in [0.25, 0.3) is 0 Å². The molecule has 0 fully saturated rings. The van der Waals surface area contributed by atoms with Crippen molar-refractivity contribution in [1.29, 1.82) is 0 Å². The minimum absolute atomic E-state index is 0.861. The van der Waals surface area contributed by atoms with E-state index in [4.69, 9.17) is 4.42 Å². The average Bonchev–Trinajstić information content (AvgIpc) is 3.83. The smallest absolute Gasteiger partial charge is 0.159 e. The van der Waals surface area contributed by atoms with Crippen molar-refractivity contribution >= 4 is 81.3 Å². The van der Waals surface area contributed by atoms with Crippen LogP contribution in [0.5, 0.6) is 0 Å². The second-order valence-electron chi connectivity index (χ2n) is 14.1. The van der Waals surface area contributed by atoms with Crippen LogP contribution >= 0.6 is 11.3 Å². The first kappa shape index (κ1) is 31.6. The fourth-order valence-corrected chi connectivity index (χ4v) is 9.29. The lowest BCUT2D eigenvalue weighted by Gasteiger charge is -2.26. The van der Waals surface area contributed by atoms with Crippen LogP contribution in [0.1, 0.15) is 0 Å². The van der Waals surface area contributed by atoms with Crippen LogP contribution in [0, 0.1) is 0 Å². The van der Waals surface area contributed by atoms with Gasteiger partial charge in [-0.15, -0.1) is 11.3 Å². The van der Waals surface area contributed by atoms with E-state index >= 15 is 0 Å². The molecule has 9 aromatic carbocycles. The van der Waals surface area contributed by atoms with Crippen molar-refractivity contribution in [1.82, 2.24) is 0 Å². The zero-order valence-electron chi connectivity index (χ0n) is 29.8. The van der Waals surface area contributed by atoms with Crippen LogP contribution in [0.25, 0.3) is 86.3 Å². The Bertz CT molecular complexity index is 3190. The van der Waals surface area contributed by atoms with Crippen molar-refractivity contribution in [2.45, 2.75) is 0 Å². The van der Waals surface area contributed by atoms with Gasteiger partial charge in [-0.2, -0.15) is 0 Å². The number of para-hydroxylation sites is 2. The molecule has 0 amide bonds. The van der Waals surface area contributed by atoms with Gasteiger partial charge in [-0.1, -0.05) is 152 Å². The largest absolute Gasteiger partial charge is 0.453 e. The normalized spacial score (nSPS) is 11.6. The highest BCUT2D eigenvalue weighted by Gasteiger charge is 2.21. The van der Waals surface area contributed by atoms with Gasteiger partial charge in [-0.25, -0.2) is 0 Å². The maximum Gasteiger partial charge on any atom is 0.159 e. The molecule has 0 saturated carbocycles. The summed E-state index contributed by atoms with van der Waals surface area (Å²) in [5, 5.41) is 7.22. The van der Waals surface area contributed by atoms with Crippen LogP contribution in [-0.4, -0.2) is 0 Å². The molecule has 0 aliphatic heterocycles.